The van der Waals surface area contributed by atoms with E-state index in [9.17, 15) is 4.79 Å². The van der Waals surface area contributed by atoms with Crippen LogP contribution in [-0.2, 0) is 4.79 Å². The first kappa shape index (κ1) is 15.8. The molecule has 1 amide bonds. The molecule has 0 N–H and O–H groups in total. The van der Waals surface area contributed by atoms with Gasteiger partial charge in [-0.15, -0.1) is 0 Å². The number of fused-ring (bicyclic) bond motifs is 2. The first-order valence-electron chi connectivity index (χ1n) is 8.68. The summed E-state index contributed by atoms with van der Waals surface area (Å²) in [6.07, 6.45) is 3.32. The molecule has 5 rings (SSSR count). The summed E-state index contributed by atoms with van der Waals surface area (Å²) in [4.78, 5) is 14.6. The Morgan fingerprint density at radius 2 is 2.04 bits per heavy atom. The Morgan fingerprint density at radius 3 is 2.89 bits per heavy atom. The highest BCUT2D eigenvalue weighted by atomic mass is 16.7. The third-order valence-electron chi connectivity index (χ3n) is 5.01. The maximum absolute atomic E-state index is 12.9. The maximum atomic E-state index is 12.9. The van der Waals surface area contributed by atoms with Gasteiger partial charge in [-0.2, -0.15) is 0 Å². The van der Waals surface area contributed by atoms with Gasteiger partial charge in [0.2, 0.25) is 12.7 Å². The lowest BCUT2D eigenvalue weighted by Gasteiger charge is -2.14. The fraction of sp³-hybridized carbons (Fsp3) is 0.190. The molecule has 0 saturated carbocycles. The van der Waals surface area contributed by atoms with Crippen LogP contribution in [0.1, 0.15) is 11.5 Å². The number of hydrogen-bond acceptors (Lipinski definition) is 5. The number of hydrogen-bond donors (Lipinski definition) is 0. The van der Waals surface area contributed by atoms with E-state index in [1.165, 1.54) is 0 Å². The van der Waals surface area contributed by atoms with Crippen molar-refractivity contribution in [3.05, 3.63) is 60.6 Å². The lowest BCUT2D eigenvalue weighted by atomic mass is 9.93. The number of rotatable bonds is 4. The number of benzene rings is 2. The van der Waals surface area contributed by atoms with E-state index >= 15 is 0 Å². The Balaban J connectivity index is 1.47. The number of carbonyl (C=O) groups is 1. The average molecular weight is 363 g/mol. The van der Waals surface area contributed by atoms with Crippen molar-refractivity contribution >= 4 is 11.6 Å². The van der Waals surface area contributed by atoms with Crippen molar-refractivity contribution in [2.45, 2.75) is 5.92 Å². The fourth-order valence-corrected chi connectivity index (χ4v) is 3.66. The van der Waals surface area contributed by atoms with Crippen LogP contribution in [0.4, 0.5) is 5.69 Å². The van der Waals surface area contributed by atoms with Gasteiger partial charge in [0.25, 0.3) is 0 Å². The van der Waals surface area contributed by atoms with Crippen molar-refractivity contribution in [1.29, 1.82) is 0 Å². The first-order valence-corrected chi connectivity index (χ1v) is 8.68. The number of amides is 1. The summed E-state index contributed by atoms with van der Waals surface area (Å²) in [6, 6.07) is 13.2. The van der Waals surface area contributed by atoms with E-state index in [0.717, 1.165) is 22.4 Å². The number of likely N-dealkylation sites (N-methyl/N-ethyl adjacent to an activating group) is 1. The molecule has 2 aliphatic heterocycles. The zero-order valence-corrected chi connectivity index (χ0v) is 14.7. The van der Waals surface area contributed by atoms with Crippen LogP contribution in [0.5, 0.6) is 17.2 Å². The Labute approximate surface area is 155 Å². The minimum Gasteiger partial charge on any atom is -0.492 e. The highest BCUT2D eigenvalue weighted by Gasteiger charge is 2.38. The van der Waals surface area contributed by atoms with E-state index in [-0.39, 0.29) is 25.2 Å². The standard InChI is InChI=1S/C21H17NO5/c1-22-17-4-2-3-15(13-7-8-24-10-13)20(17)16(21(22)23)11-25-14-5-6-18-19(9-14)27-12-26-18/h2-10,16H,11-12H2,1H3. The average Bonchev–Trinajstić information content (AvgIpc) is 3.42. The van der Waals surface area contributed by atoms with Gasteiger partial charge >= 0.3 is 0 Å². The SMILES string of the molecule is CN1C(=O)C(COc2ccc3c(c2)OCO3)c2c(-c3ccoc3)cccc21. The van der Waals surface area contributed by atoms with E-state index in [1.807, 2.05) is 36.4 Å². The first-order chi connectivity index (χ1) is 13.2. The van der Waals surface area contributed by atoms with Gasteiger partial charge in [-0.05, 0) is 35.4 Å². The quantitative estimate of drug-likeness (QED) is 0.705. The normalized spacial score (nSPS) is 17.3. The molecule has 6 nitrogen and oxygen atoms in total. The molecule has 0 aliphatic carbocycles. The molecule has 0 spiro atoms. The summed E-state index contributed by atoms with van der Waals surface area (Å²) in [6.45, 7) is 0.455. The molecule has 2 aliphatic rings. The monoisotopic (exact) mass is 363 g/mol. The van der Waals surface area contributed by atoms with Gasteiger partial charge < -0.3 is 23.5 Å². The molecule has 0 saturated heterocycles. The van der Waals surface area contributed by atoms with Crippen LogP contribution in [0.15, 0.2) is 59.4 Å². The second-order valence-corrected chi connectivity index (χ2v) is 6.53. The summed E-state index contributed by atoms with van der Waals surface area (Å²) in [5.74, 6) is 1.63. The molecule has 0 fully saturated rings. The van der Waals surface area contributed by atoms with Gasteiger partial charge in [0.05, 0.1) is 12.5 Å². The predicted molar refractivity (Wildman–Crippen MR) is 98.4 cm³/mol. The van der Waals surface area contributed by atoms with Crippen molar-refractivity contribution in [1.82, 2.24) is 0 Å². The maximum Gasteiger partial charge on any atom is 0.237 e. The van der Waals surface area contributed by atoms with Gasteiger partial charge in [-0.3, -0.25) is 4.79 Å². The molecular weight excluding hydrogens is 346 g/mol. The predicted octanol–water partition coefficient (Wildman–Crippen LogP) is 3.81. The van der Waals surface area contributed by atoms with Crippen molar-refractivity contribution in [3.8, 4) is 28.4 Å². The van der Waals surface area contributed by atoms with E-state index in [1.54, 1.807) is 30.5 Å². The van der Waals surface area contributed by atoms with Gasteiger partial charge in [-0.25, -0.2) is 0 Å². The summed E-state index contributed by atoms with van der Waals surface area (Å²) in [5.41, 5.74) is 3.80. The minimum absolute atomic E-state index is 0.0155. The van der Waals surface area contributed by atoms with Crippen LogP contribution in [0.3, 0.4) is 0 Å². The van der Waals surface area contributed by atoms with E-state index in [2.05, 4.69) is 0 Å². The molecule has 0 radical (unpaired) electrons. The zero-order valence-electron chi connectivity index (χ0n) is 14.7. The number of anilines is 1. The second-order valence-electron chi connectivity index (χ2n) is 6.53. The van der Waals surface area contributed by atoms with Crippen molar-refractivity contribution in [2.24, 2.45) is 0 Å². The van der Waals surface area contributed by atoms with Crippen LogP contribution in [-0.4, -0.2) is 26.4 Å². The zero-order chi connectivity index (χ0) is 18.4. The highest BCUT2D eigenvalue weighted by Crippen LogP contribution is 2.43. The van der Waals surface area contributed by atoms with E-state index in [4.69, 9.17) is 18.6 Å². The second kappa shape index (κ2) is 6.09. The lowest BCUT2D eigenvalue weighted by molar-refractivity contribution is -0.119. The van der Waals surface area contributed by atoms with Crippen LogP contribution in [0.2, 0.25) is 0 Å². The largest absolute Gasteiger partial charge is 0.492 e. The van der Waals surface area contributed by atoms with E-state index < -0.39 is 0 Å². The van der Waals surface area contributed by atoms with Crippen LogP contribution < -0.4 is 19.1 Å². The fourth-order valence-electron chi connectivity index (χ4n) is 3.66. The molecule has 0 bridgehead atoms. The van der Waals surface area contributed by atoms with Crippen molar-refractivity contribution in [3.63, 3.8) is 0 Å². The third-order valence-corrected chi connectivity index (χ3v) is 5.01. The van der Waals surface area contributed by atoms with Crippen LogP contribution in [0.25, 0.3) is 11.1 Å². The molecule has 3 aromatic rings. The Morgan fingerprint density at radius 1 is 1.15 bits per heavy atom. The Kier molecular flexibility index (Phi) is 3.57. The molecule has 27 heavy (non-hydrogen) atoms. The summed E-state index contributed by atoms with van der Waals surface area (Å²) in [7, 11) is 1.79. The molecular formula is C21H17NO5. The van der Waals surface area contributed by atoms with Crippen molar-refractivity contribution in [2.75, 3.05) is 25.3 Å². The molecule has 1 aromatic heterocycles. The van der Waals surface area contributed by atoms with Gasteiger partial charge in [0.1, 0.15) is 18.3 Å². The van der Waals surface area contributed by atoms with Crippen LogP contribution in [0, 0.1) is 0 Å². The lowest BCUT2D eigenvalue weighted by Crippen LogP contribution is -2.27. The highest BCUT2D eigenvalue weighted by molar-refractivity contribution is 6.07. The molecule has 6 heteroatoms. The molecule has 1 unspecified atom stereocenters. The van der Waals surface area contributed by atoms with Gasteiger partial charge in [0, 0.05) is 24.4 Å². The molecule has 136 valence electrons. The topological polar surface area (TPSA) is 61.1 Å². The number of ether oxygens (including phenoxy) is 3. The Bertz CT molecular complexity index is 1010. The number of carbonyl (C=O) groups excluding carboxylic acids is 1. The smallest absolute Gasteiger partial charge is 0.237 e. The number of furan rings is 1. The minimum atomic E-state index is -0.387. The Hall–Kier alpha value is -3.41. The number of nitrogens with zero attached hydrogens (tertiary/aromatic N) is 1. The van der Waals surface area contributed by atoms with Crippen molar-refractivity contribution < 1.29 is 23.4 Å². The molecule has 3 heterocycles. The molecule has 2 aromatic carbocycles. The summed E-state index contributed by atoms with van der Waals surface area (Å²) < 4.78 is 21.9. The summed E-state index contributed by atoms with van der Waals surface area (Å²) in [5, 5.41) is 0. The molecule has 1 atom stereocenters. The third kappa shape index (κ3) is 2.52. The van der Waals surface area contributed by atoms with Gasteiger partial charge in [0.15, 0.2) is 11.5 Å². The van der Waals surface area contributed by atoms with Gasteiger partial charge in [-0.1, -0.05) is 12.1 Å². The summed E-state index contributed by atoms with van der Waals surface area (Å²) >= 11 is 0. The van der Waals surface area contributed by atoms with E-state index in [0.29, 0.717) is 17.2 Å². The van der Waals surface area contributed by atoms with Crippen LogP contribution >= 0.6 is 0 Å².